The van der Waals surface area contributed by atoms with E-state index in [0.29, 0.717) is 31.3 Å². The number of benzene rings is 1. The lowest BCUT2D eigenvalue weighted by atomic mass is 10.1. The maximum Gasteiger partial charge on any atom is 0.256 e. The number of imide groups is 1. The third-order valence-corrected chi connectivity index (χ3v) is 3.59. The minimum Gasteiger partial charge on any atom is -0.313 e. The van der Waals surface area contributed by atoms with Gasteiger partial charge < -0.3 is 4.90 Å². The van der Waals surface area contributed by atoms with Gasteiger partial charge >= 0.3 is 0 Å². The predicted molar refractivity (Wildman–Crippen MR) is 73.7 cm³/mol. The Hall–Kier alpha value is -2.17. The van der Waals surface area contributed by atoms with Gasteiger partial charge in [0.15, 0.2) is 0 Å². The molecule has 0 aromatic heterocycles. The van der Waals surface area contributed by atoms with Gasteiger partial charge in [-0.25, -0.2) is 0 Å². The van der Waals surface area contributed by atoms with Gasteiger partial charge in [0.25, 0.3) is 5.91 Å². The van der Waals surface area contributed by atoms with Crippen LogP contribution in [0.25, 0.3) is 0 Å². The summed E-state index contributed by atoms with van der Waals surface area (Å²) in [5.41, 5.74) is 2.70. The molecule has 0 bridgehead atoms. The molecule has 5 heteroatoms. The molecule has 0 fully saturated rings. The molecule has 1 aliphatic heterocycles. The lowest BCUT2D eigenvalue weighted by molar-refractivity contribution is -0.135. The zero-order chi connectivity index (χ0) is 14.7. The third kappa shape index (κ3) is 2.43. The Morgan fingerprint density at radius 2 is 2.05 bits per heavy atom. The zero-order valence-corrected chi connectivity index (χ0v) is 11.7. The minimum absolute atomic E-state index is 0.118. The lowest BCUT2D eigenvalue weighted by Gasteiger charge is -2.31. The highest BCUT2D eigenvalue weighted by atomic mass is 16.2. The highest BCUT2D eigenvalue weighted by Gasteiger charge is 2.34. The molecule has 106 valence electrons. The molecule has 1 aliphatic rings. The van der Waals surface area contributed by atoms with E-state index in [1.54, 1.807) is 4.90 Å². The van der Waals surface area contributed by atoms with Gasteiger partial charge in [0.1, 0.15) is 6.17 Å². The van der Waals surface area contributed by atoms with Crippen LogP contribution < -0.4 is 0 Å². The topological polar surface area (TPSA) is 57.7 Å². The molecule has 1 heterocycles. The Morgan fingerprint density at radius 3 is 2.65 bits per heavy atom. The molecule has 1 aromatic rings. The monoisotopic (exact) mass is 274 g/mol. The zero-order valence-electron chi connectivity index (χ0n) is 11.7. The first kappa shape index (κ1) is 14.2. The summed E-state index contributed by atoms with van der Waals surface area (Å²) in [4.78, 5) is 37.0. The largest absolute Gasteiger partial charge is 0.313 e. The Balaban J connectivity index is 2.31. The normalized spacial score (nSPS) is 14.9. The summed E-state index contributed by atoms with van der Waals surface area (Å²) in [5.74, 6) is -0.118. The van der Waals surface area contributed by atoms with Crippen LogP contribution in [0.4, 0.5) is 0 Å². The molecule has 20 heavy (non-hydrogen) atoms. The number of carbonyl (C=O) groups is 3. The molecule has 0 saturated carbocycles. The number of amides is 3. The van der Waals surface area contributed by atoms with E-state index >= 15 is 0 Å². The van der Waals surface area contributed by atoms with Crippen LogP contribution in [0.1, 0.15) is 41.3 Å². The Labute approximate surface area is 118 Å². The summed E-state index contributed by atoms with van der Waals surface area (Å²) < 4.78 is 0. The number of hydrogen-bond donors (Lipinski definition) is 0. The van der Waals surface area contributed by atoms with Crippen molar-refractivity contribution in [2.75, 3.05) is 0 Å². The van der Waals surface area contributed by atoms with Crippen molar-refractivity contribution in [3.05, 3.63) is 34.9 Å². The van der Waals surface area contributed by atoms with E-state index in [1.165, 1.54) is 0 Å². The first-order valence-electron chi connectivity index (χ1n) is 6.71. The van der Waals surface area contributed by atoms with Crippen LogP contribution in [0.5, 0.6) is 0 Å². The molecule has 0 spiro atoms. The molecule has 1 aromatic carbocycles. The van der Waals surface area contributed by atoms with Gasteiger partial charge in [-0.15, -0.1) is 0 Å². The maximum absolute atomic E-state index is 12.4. The van der Waals surface area contributed by atoms with Crippen molar-refractivity contribution in [1.82, 2.24) is 9.80 Å². The molecule has 2 rings (SSSR count). The van der Waals surface area contributed by atoms with E-state index < -0.39 is 6.17 Å². The predicted octanol–water partition coefficient (Wildman–Crippen LogP) is 1.69. The molecular formula is C15H18N2O3. The van der Waals surface area contributed by atoms with E-state index in [1.807, 2.05) is 32.0 Å². The fraction of sp³-hybridized carbons (Fsp3) is 0.400. The van der Waals surface area contributed by atoms with Gasteiger partial charge in [-0.2, -0.15) is 0 Å². The highest BCUT2D eigenvalue weighted by Crippen LogP contribution is 2.27. The van der Waals surface area contributed by atoms with Crippen LogP contribution in [-0.4, -0.2) is 34.7 Å². The number of aryl methyl sites for hydroxylation is 1. The Kier molecular flexibility index (Phi) is 4.17. The number of nitrogens with zero attached hydrogens (tertiary/aromatic N) is 2. The Bertz CT molecular complexity index is 534. The number of hydrogen-bond acceptors (Lipinski definition) is 3. The summed E-state index contributed by atoms with van der Waals surface area (Å²) in [7, 11) is 0. The van der Waals surface area contributed by atoms with E-state index in [4.69, 9.17) is 0 Å². The molecule has 0 radical (unpaired) electrons. The van der Waals surface area contributed by atoms with Crippen molar-refractivity contribution in [1.29, 1.82) is 0 Å². The molecule has 3 amide bonds. The van der Waals surface area contributed by atoms with Gasteiger partial charge in [-0.3, -0.25) is 19.3 Å². The Morgan fingerprint density at radius 1 is 1.35 bits per heavy atom. The van der Waals surface area contributed by atoms with Crippen molar-refractivity contribution in [2.45, 2.75) is 39.4 Å². The van der Waals surface area contributed by atoms with Crippen LogP contribution in [0, 0.1) is 6.92 Å². The number of rotatable bonds is 6. The molecule has 1 atom stereocenters. The second-order valence-corrected chi connectivity index (χ2v) is 5.02. The van der Waals surface area contributed by atoms with Crippen LogP contribution in [0.2, 0.25) is 0 Å². The molecule has 5 nitrogen and oxygen atoms in total. The van der Waals surface area contributed by atoms with E-state index in [9.17, 15) is 14.4 Å². The molecule has 0 N–H and O–H groups in total. The fourth-order valence-electron chi connectivity index (χ4n) is 2.60. The average molecular weight is 274 g/mol. The van der Waals surface area contributed by atoms with Crippen molar-refractivity contribution in [3.63, 3.8) is 0 Å². The summed E-state index contributed by atoms with van der Waals surface area (Å²) in [6.07, 6.45) is 1.82. The van der Waals surface area contributed by atoms with E-state index in [2.05, 4.69) is 0 Å². The molecule has 0 aliphatic carbocycles. The number of fused-ring (bicyclic) bond motifs is 1. The van der Waals surface area contributed by atoms with E-state index in [0.717, 1.165) is 22.4 Å². The standard InChI is InChI=1S/C15H18N2O3/c1-3-4-14(16(9-18)10-19)17-8-12-7-11(2)5-6-13(12)15(17)20/h5-7,9-10,14H,3-4,8H2,1-2H3. The summed E-state index contributed by atoms with van der Waals surface area (Å²) >= 11 is 0. The van der Waals surface area contributed by atoms with Crippen LogP contribution in [0.3, 0.4) is 0 Å². The molecule has 0 saturated heterocycles. The van der Waals surface area contributed by atoms with Gasteiger partial charge in [0.05, 0.1) is 0 Å². The first-order valence-corrected chi connectivity index (χ1v) is 6.71. The van der Waals surface area contributed by atoms with Crippen LogP contribution >= 0.6 is 0 Å². The van der Waals surface area contributed by atoms with Gasteiger partial charge in [-0.1, -0.05) is 31.0 Å². The second-order valence-electron chi connectivity index (χ2n) is 5.02. The molecule has 1 unspecified atom stereocenters. The van der Waals surface area contributed by atoms with Crippen molar-refractivity contribution in [2.24, 2.45) is 0 Å². The smallest absolute Gasteiger partial charge is 0.256 e. The van der Waals surface area contributed by atoms with Crippen molar-refractivity contribution >= 4 is 18.7 Å². The third-order valence-electron chi connectivity index (χ3n) is 3.59. The van der Waals surface area contributed by atoms with Gasteiger partial charge in [-0.05, 0) is 25.0 Å². The van der Waals surface area contributed by atoms with Crippen LogP contribution in [0.15, 0.2) is 18.2 Å². The summed E-state index contributed by atoms with van der Waals surface area (Å²) in [5, 5.41) is 0. The quantitative estimate of drug-likeness (QED) is 0.742. The number of carbonyl (C=O) groups excluding carboxylic acids is 3. The van der Waals surface area contributed by atoms with E-state index in [-0.39, 0.29) is 5.91 Å². The average Bonchev–Trinajstić information content (AvgIpc) is 2.75. The minimum atomic E-state index is -0.504. The highest BCUT2D eigenvalue weighted by molar-refractivity contribution is 5.98. The van der Waals surface area contributed by atoms with Crippen molar-refractivity contribution < 1.29 is 14.4 Å². The molecular weight excluding hydrogens is 256 g/mol. The maximum atomic E-state index is 12.4. The van der Waals surface area contributed by atoms with Gasteiger partial charge in [0, 0.05) is 12.1 Å². The fourth-order valence-corrected chi connectivity index (χ4v) is 2.60. The summed E-state index contributed by atoms with van der Waals surface area (Å²) in [6.45, 7) is 4.37. The van der Waals surface area contributed by atoms with Crippen molar-refractivity contribution in [3.8, 4) is 0 Å². The lowest BCUT2D eigenvalue weighted by Crippen LogP contribution is -2.47. The first-order chi connectivity index (χ1) is 9.62. The van der Waals surface area contributed by atoms with Gasteiger partial charge in [0.2, 0.25) is 12.8 Å². The second kappa shape index (κ2) is 5.86. The van der Waals surface area contributed by atoms with Crippen LogP contribution in [-0.2, 0) is 16.1 Å². The SMILES string of the molecule is CCCC(N(C=O)C=O)N1Cc2cc(C)ccc2C1=O. The summed E-state index contributed by atoms with van der Waals surface area (Å²) in [6, 6.07) is 5.68.